The summed E-state index contributed by atoms with van der Waals surface area (Å²) in [5, 5.41) is 1.02. The molecule has 0 aliphatic heterocycles. The standard InChI is InChI=1S/C14H20OP/c15-16(14-9-5-2-6-10-14)12-11-13-7-3-1-4-8-13/h2,5-6,9-10,13H,1,3-4,7-8,11-12H2/q+1. The van der Waals surface area contributed by atoms with Crippen LogP contribution in [0, 0.1) is 5.92 Å². The van der Waals surface area contributed by atoms with Gasteiger partial charge < -0.3 is 0 Å². The predicted octanol–water partition coefficient (Wildman–Crippen LogP) is 4.11. The van der Waals surface area contributed by atoms with Gasteiger partial charge in [-0.05, 0) is 24.5 Å². The summed E-state index contributed by atoms with van der Waals surface area (Å²) in [7, 11) is -1.15. The Hall–Kier alpha value is -0.680. The average molecular weight is 235 g/mol. The molecule has 0 aromatic heterocycles. The van der Waals surface area contributed by atoms with E-state index in [1.54, 1.807) is 0 Å². The first kappa shape index (κ1) is 11.8. The Labute approximate surface area is 99.0 Å². The molecule has 0 heterocycles. The van der Waals surface area contributed by atoms with E-state index in [-0.39, 0.29) is 0 Å². The van der Waals surface area contributed by atoms with E-state index < -0.39 is 7.80 Å². The minimum atomic E-state index is -1.15. The summed E-state index contributed by atoms with van der Waals surface area (Å²) >= 11 is 0. The van der Waals surface area contributed by atoms with Crippen LogP contribution in [0.5, 0.6) is 0 Å². The van der Waals surface area contributed by atoms with Gasteiger partial charge in [-0.15, -0.1) is 0 Å². The highest BCUT2D eigenvalue weighted by molar-refractivity contribution is 7.53. The van der Waals surface area contributed by atoms with Crippen LogP contribution in [-0.4, -0.2) is 6.16 Å². The van der Waals surface area contributed by atoms with Gasteiger partial charge in [0.1, 0.15) is 0 Å². The summed E-state index contributed by atoms with van der Waals surface area (Å²) in [4.78, 5) is 0. The molecule has 16 heavy (non-hydrogen) atoms. The van der Waals surface area contributed by atoms with Crippen molar-refractivity contribution in [1.29, 1.82) is 0 Å². The summed E-state index contributed by atoms with van der Waals surface area (Å²) < 4.78 is 12.0. The average Bonchev–Trinajstić information content (AvgIpc) is 2.38. The third-order valence-electron chi connectivity index (χ3n) is 3.51. The lowest BCUT2D eigenvalue weighted by Crippen LogP contribution is -2.08. The smallest absolute Gasteiger partial charge is 0.0681 e. The highest BCUT2D eigenvalue weighted by Crippen LogP contribution is 2.30. The summed E-state index contributed by atoms with van der Waals surface area (Å²) in [5.74, 6) is 0.844. The van der Waals surface area contributed by atoms with E-state index in [9.17, 15) is 4.57 Å². The van der Waals surface area contributed by atoms with Gasteiger partial charge >= 0.3 is 7.80 Å². The molecule has 1 unspecified atom stereocenters. The lowest BCUT2D eigenvalue weighted by atomic mass is 9.88. The molecule has 1 aliphatic rings. The van der Waals surface area contributed by atoms with E-state index >= 15 is 0 Å². The van der Waals surface area contributed by atoms with Gasteiger partial charge in [-0.25, -0.2) is 0 Å². The first-order chi connectivity index (χ1) is 7.86. The maximum absolute atomic E-state index is 12.0. The van der Waals surface area contributed by atoms with Crippen LogP contribution >= 0.6 is 7.80 Å². The lowest BCUT2D eigenvalue weighted by Gasteiger charge is -2.19. The third kappa shape index (κ3) is 3.42. The van der Waals surface area contributed by atoms with Gasteiger partial charge in [-0.3, -0.25) is 0 Å². The molecule has 0 bridgehead atoms. The van der Waals surface area contributed by atoms with Crippen molar-refractivity contribution >= 4 is 13.1 Å². The molecule has 0 saturated heterocycles. The molecule has 1 fully saturated rings. The number of hydrogen-bond acceptors (Lipinski definition) is 1. The molecule has 0 radical (unpaired) electrons. The van der Waals surface area contributed by atoms with Crippen molar-refractivity contribution in [3.63, 3.8) is 0 Å². The minimum absolute atomic E-state index is 0.844. The molecule has 2 rings (SSSR count). The maximum atomic E-state index is 12.0. The Bertz CT molecular complexity index is 328. The molecule has 0 N–H and O–H groups in total. The summed E-state index contributed by atoms with van der Waals surface area (Å²) in [6.07, 6.45) is 8.92. The fourth-order valence-electron chi connectivity index (χ4n) is 2.50. The van der Waals surface area contributed by atoms with E-state index in [4.69, 9.17) is 0 Å². The molecule has 1 nitrogen and oxygen atoms in total. The van der Waals surface area contributed by atoms with Crippen LogP contribution in [0.4, 0.5) is 0 Å². The summed E-state index contributed by atoms with van der Waals surface area (Å²) in [5.41, 5.74) is 0. The molecule has 1 aromatic carbocycles. The quantitative estimate of drug-likeness (QED) is 0.718. The maximum Gasteiger partial charge on any atom is 0.376 e. The number of rotatable bonds is 4. The molecule has 86 valence electrons. The second-order valence-electron chi connectivity index (χ2n) is 4.73. The molecule has 0 amide bonds. The van der Waals surface area contributed by atoms with Gasteiger partial charge in [0.05, 0.1) is 0 Å². The fraction of sp³-hybridized carbons (Fsp3) is 0.571. The fourth-order valence-corrected chi connectivity index (χ4v) is 3.86. The molecule has 1 atom stereocenters. The van der Waals surface area contributed by atoms with Crippen molar-refractivity contribution in [2.24, 2.45) is 5.92 Å². The second kappa shape index (κ2) is 6.15. The van der Waals surface area contributed by atoms with Crippen LogP contribution < -0.4 is 5.30 Å². The zero-order chi connectivity index (χ0) is 11.2. The van der Waals surface area contributed by atoms with Crippen molar-refractivity contribution in [3.8, 4) is 0 Å². The number of benzene rings is 1. The first-order valence-electron chi connectivity index (χ1n) is 6.36. The Kier molecular flexibility index (Phi) is 4.54. The van der Waals surface area contributed by atoms with Crippen molar-refractivity contribution in [3.05, 3.63) is 30.3 Å². The van der Waals surface area contributed by atoms with Gasteiger partial charge in [0.25, 0.3) is 0 Å². The predicted molar refractivity (Wildman–Crippen MR) is 69.7 cm³/mol. The lowest BCUT2D eigenvalue weighted by molar-refractivity contribution is 0.350. The Morgan fingerprint density at radius 2 is 1.75 bits per heavy atom. The molecular weight excluding hydrogens is 215 g/mol. The van der Waals surface area contributed by atoms with Gasteiger partial charge in [0.15, 0.2) is 11.5 Å². The van der Waals surface area contributed by atoms with Gasteiger partial charge in [0.2, 0.25) is 0 Å². The second-order valence-corrected chi connectivity index (χ2v) is 6.45. The number of hydrogen-bond donors (Lipinski definition) is 0. The highest BCUT2D eigenvalue weighted by atomic mass is 31.1. The van der Waals surface area contributed by atoms with Crippen molar-refractivity contribution in [2.75, 3.05) is 6.16 Å². The Morgan fingerprint density at radius 3 is 2.44 bits per heavy atom. The van der Waals surface area contributed by atoms with Gasteiger partial charge in [-0.2, -0.15) is 0 Å². The van der Waals surface area contributed by atoms with Crippen molar-refractivity contribution < 1.29 is 4.57 Å². The molecular formula is C14H20OP+. The first-order valence-corrected chi connectivity index (χ1v) is 7.80. The molecule has 1 aromatic rings. The topological polar surface area (TPSA) is 17.1 Å². The van der Waals surface area contributed by atoms with Crippen LogP contribution in [-0.2, 0) is 4.57 Å². The van der Waals surface area contributed by atoms with E-state index in [1.807, 2.05) is 30.3 Å². The summed E-state index contributed by atoms with van der Waals surface area (Å²) in [6, 6.07) is 9.90. The van der Waals surface area contributed by atoms with Crippen molar-refractivity contribution in [1.82, 2.24) is 0 Å². The van der Waals surface area contributed by atoms with Crippen LogP contribution in [0.1, 0.15) is 38.5 Å². The van der Waals surface area contributed by atoms with Crippen LogP contribution in [0.3, 0.4) is 0 Å². The van der Waals surface area contributed by atoms with E-state index in [2.05, 4.69) is 0 Å². The summed E-state index contributed by atoms with van der Waals surface area (Å²) in [6.45, 7) is 0. The third-order valence-corrected chi connectivity index (χ3v) is 5.05. The Balaban J connectivity index is 1.79. The zero-order valence-corrected chi connectivity index (χ0v) is 10.7. The van der Waals surface area contributed by atoms with Gasteiger partial charge in [0, 0.05) is 0 Å². The highest BCUT2D eigenvalue weighted by Gasteiger charge is 2.22. The molecule has 2 heteroatoms. The van der Waals surface area contributed by atoms with Crippen LogP contribution in [0.25, 0.3) is 0 Å². The minimum Gasteiger partial charge on any atom is -0.0681 e. The van der Waals surface area contributed by atoms with E-state index in [0.29, 0.717) is 0 Å². The van der Waals surface area contributed by atoms with Crippen LogP contribution in [0.15, 0.2) is 30.3 Å². The molecule has 1 saturated carbocycles. The largest absolute Gasteiger partial charge is 0.376 e. The SMILES string of the molecule is O=[P+](CCC1CCCCC1)c1ccccc1. The molecule has 0 spiro atoms. The zero-order valence-electron chi connectivity index (χ0n) is 9.77. The monoisotopic (exact) mass is 235 g/mol. The molecule has 1 aliphatic carbocycles. The normalized spacial score (nSPS) is 18.4. The Morgan fingerprint density at radius 1 is 1.06 bits per heavy atom. The van der Waals surface area contributed by atoms with Gasteiger partial charge in [-0.1, -0.05) is 54.9 Å². The van der Waals surface area contributed by atoms with Crippen LogP contribution in [0.2, 0.25) is 0 Å². The van der Waals surface area contributed by atoms with Crippen molar-refractivity contribution in [2.45, 2.75) is 38.5 Å². The van der Waals surface area contributed by atoms with E-state index in [1.165, 1.54) is 32.1 Å². The van der Waals surface area contributed by atoms with E-state index in [0.717, 1.165) is 23.8 Å².